The molecule has 0 aliphatic heterocycles. The summed E-state index contributed by atoms with van der Waals surface area (Å²) in [6.45, 7) is 0. The lowest BCUT2D eigenvalue weighted by Crippen LogP contribution is -2.06. The van der Waals surface area contributed by atoms with Gasteiger partial charge in [-0.05, 0) is 30.5 Å². The van der Waals surface area contributed by atoms with Gasteiger partial charge in [-0.15, -0.1) is 0 Å². The normalized spacial score (nSPS) is 10.0. The van der Waals surface area contributed by atoms with Crippen molar-refractivity contribution in [2.75, 3.05) is 18.2 Å². The maximum Gasteiger partial charge on any atom is 0.339 e. The van der Waals surface area contributed by atoms with Crippen LogP contribution in [-0.2, 0) is 11.2 Å². The van der Waals surface area contributed by atoms with Crippen LogP contribution in [-0.4, -0.2) is 18.4 Å². The van der Waals surface area contributed by atoms with Gasteiger partial charge < -0.3 is 10.5 Å². The van der Waals surface area contributed by atoms with E-state index in [4.69, 9.17) is 5.73 Å². The quantitative estimate of drug-likeness (QED) is 0.520. The predicted molar refractivity (Wildman–Crippen MR) is 64.3 cm³/mol. The summed E-state index contributed by atoms with van der Waals surface area (Å²) in [7, 11) is 1.35. The zero-order valence-corrected chi connectivity index (χ0v) is 10.2. The predicted octanol–water partition coefficient (Wildman–Crippen LogP) is 2.38. The molecule has 0 unspecified atom stereocenters. The molecule has 0 saturated carbocycles. The van der Waals surface area contributed by atoms with Gasteiger partial charge in [0.15, 0.2) is 0 Å². The molecule has 4 heteroatoms. The molecule has 0 aromatic heterocycles. The number of nitrogens with two attached hydrogens (primary N) is 1. The van der Waals surface area contributed by atoms with Crippen molar-refractivity contribution in [3.05, 3.63) is 29.3 Å². The Bertz CT molecular complexity index is 352. The lowest BCUT2D eigenvalue weighted by molar-refractivity contribution is 0.0602. The summed E-state index contributed by atoms with van der Waals surface area (Å²) in [4.78, 5) is 11.3. The Hall–Kier alpha value is -1.03. The molecular formula is C11H14BrNO2. The number of anilines is 1. The lowest BCUT2D eigenvalue weighted by atomic mass is 10.1. The molecule has 0 atom stereocenters. The number of hydrogen-bond donors (Lipinski definition) is 1. The maximum atomic E-state index is 11.3. The Labute approximate surface area is 97.7 Å². The number of alkyl halides is 1. The first kappa shape index (κ1) is 12.0. The molecular weight excluding hydrogens is 258 g/mol. The Morgan fingerprint density at radius 1 is 1.53 bits per heavy atom. The molecule has 82 valence electrons. The van der Waals surface area contributed by atoms with Crippen molar-refractivity contribution >= 4 is 27.6 Å². The van der Waals surface area contributed by atoms with E-state index in [0.29, 0.717) is 11.3 Å². The first-order valence-electron chi connectivity index (χ1n) is 4.71. The molecule has 3 nitrogen and oxygen atoms in total. The van der Waals surface area contributed by atoms with E-state index >= 15 is 0 Å². The van der Waals surface area contributed by atoms with E-state index < -0.39 is 0 Å². The molecule has 0 heterocycles. The van der Waals surface area contributed by atoms with Crippen LogP contribution in [0.1, 0.15) is 22.3 Å². The number of hydrogen-bond acceptors (Lipinski definition) is 3. The maximum absolute atomic E-state index is 11.3. The molecule has 2 N–H and O–H groups in total. The Morgan fingerprint density at radius 3 is 2.87 bits per heavy atom. The number of esters is 1. The number of halogens is 1. The summed E-state index contributed by atoms with van der Waals surface area (Å²) < 4.78 is 4.65. The number of nitrogen functional groups attached to an aromatic ring is 1. The van der Waals surface area contributed by atoms with Gasteiger partial charge in [0.2, 0.25) is 0 Å². The van der Waals surface area contributed by atoms with Crippen molar-refractivity contribution < 1.29 is 9.53 Å². The minimum atomic E-state index is -0.381. The standard InChI is InChI=1S/C11H14BrNO2/c1-15-11(14)9-7-8(3-2-6-12)4-5-10(9)13/h4-5,7H,2-3,6,13H2,1H3. The van der Waals surface area contributed by atoms with Crippen LogP contribution in [0.4, 0.5) is 5.69 Å². The third kappa shape index (κ3) is 3.23. The number of aryl methyl sites for hydroxylation is 1. The molecule has 0 aliphatic carbocycles. The van der Waals surface area contributed by atoms with Gasteiger partial charge >= 0.3 is 5.97 Å². The molecule has 0 fully saturated rings. The number of rotatable bonds is 4. The molecule has 1 rings (SSSR count). The molecule has 1 aromatic carbocycles. The summed E-state index contributed by atoms with van der Waals surface area (Å²) in [6, 6.07) is 5.48. The molecule has 0 radical (unpaired) electrons. The average molecular weight is 272 g/mol. The lowest BCUT2D eigenvalue weighted by Gasteiger charge is -2.06. The second kappa shape index (κ2) is 5.75. The fourth-order valence-corrected chi connectivity index (χ4v) is 1.60. The van der Waals surface area contributed by atoms with Gasteiger partial charge in [-0.2, -0.15) is 0 Å². The van der Waals surface area contributed by atoms with E-state index in [9.17, 15) is 4.79 Å². The highest BCUT2D eigenvalue weighted by Crippen LogP contribution is 2.16. The van der Waals surface area contributed by atoms with Crippen LogP contribution in [0.3, 0.4) is 0 Å². The first-order chi connectivity index (χ1) is 7.19. The highest BCUT2D eigenvalue weighted by atomic mass is 79.9. The van der Waals surface area contributed by atoms with Crippen molar-refractivity contribution in [2.24, 2.45) is 0 Å². The summed E-state index contributed by atoms with van der Waals surface area (Å²) in [5.41, 5.74) is 7.70. The van der Waals surface area contributed by atoms with Gasteiger partial charge in [0.25, 0.3) is 0 Å². The van der Waals surface area contributed by atoms with Crippen molar-refractivity contribution in [1.29, 1.82) is 0 Å². The number of carbonyl (C=O) groups excluding carboxylic acids is 1. The van der Waals surface area contributed by atoms with Gasteiger partial charge in [0.05, 0.1) is 12.7 Å². The molecule has 0 spiro atoms. The highest BCUT2D eigenvalue weighted by Gasteiger charge is 2.10. The van der Waals surface area contributed by atoms with E-state index in [1.54, 1.807) is 12.1 Å². The van der Waals surface area contributed by atoms with Crippen LogP contribution in [0, 0.1) is 0 Å². The second-order valence-corrected chi connectivity index (χ2v) is 4.00. The number of benzene rings is 1. The monoisotopic (exact) mass is 271 g/mol. The number of carbonyl (C=O) groups is 1. The average Bonchev–Trinajstić information content (AvgIpc) is 2.27. The second-order valence-electron chi connectivity index (χ2n) is 3.21. The van der Waals surface area contributed by atoms with Crippen LogP contribution < -0.4 is 5.73 Å². The minimum Gasteiger partial charge on any atom is -0.465 e. The van der Waals surface area contributed by atoms with Gasteiger partial charge in [0.1, 0.15) is 0 Å². The van der Waals surface area contributed by atoms with Crippen LogP contribution in [0.2, 0.25) is 0 Å². The molecule has 15 heavy (non-hydrogen) atoms. The molecule has 0 amide bonds. The van der Waals surface area contributed by atoms with Gasteiger partial charge in [-0.1, -0.05) is 22.0 Å². The molecule has 1 aromatic rings. The molecule has 0 saturated heterocycles. The Morgan fingerprint density at radius 2 is 2.27 bits per heavy atom. The minimum absolute atomic E-state index is 0.381. The summed E-state index contributed by atoms with van der Waals surface area (Å²) in [5.74, 6) is -0.381. The summed E-state index contributed by atoms with van der Waals surface area (Å²) in [5, 5.41) is 0.949. The zero-order valence-electron chi connectivity index (χ0n) is 8.63. The first-order valence-corrected chi connectivity index (χ1v) is 5.84. The third-order valence-electron chi connectivity index (χ3n) is 2.12. The van der Waals surface area contributed by atoms with Gasteiger partial charge in [-0.3, -0.25) is 0 Å². The third-order valence-corrected chi connectivity index (χ3v) is 2.68. The topological polar surface area (TPSA) is 52.3 Å². The molecule has 0 aliphatic rings. The van der Waals surface area contributed by atoms with Crippen LogP contribution in [0.5, 0.6) is 0 Å². The van der Waals surface area contributed by atoms with Crippen molar-refractivity contribution in [3.63, 3.8) is 0 Å². The van der Waals surface area contributed by atoms with Crippen molar-refractivity contribution in [1.82, 2.24) is 0 Å². The van der Waals surface area contributed by atoms with Crippen molar-refractivity contribution in [3.8, 4) is 0 Å². The number of methoxy groups -OCH3 is 1. The zero-order chi connectivity index (χ0) is 11.3. The Balaban J connectivity index is 2.89. The SMILES string of the molecule is COC(=O)c1cc(CCCBr)ccc1N. The van der Waals surface area contributed by atoms with E-state index in [2.05, 4.69) is 20.7 Å². The fraction of sp³-hybridized carbons (Fsp3) is 0.364. The van der Waals surface area contributed by atoms with Gasteiger partial charge in [0, 0.05) is 11.0 Å². The van der Waals surface area contributed by atoms with Gasteiger partial charge in [-0.25, -0.2) is 4.79 Å². The van der Waals surface area contributed by atoms with E-state index in [0.717, 1.165) is 23.7 Å². The Kier molecular flexibility index (Phi) is 4.62. The van der Waals surface area contributed by atoms with E-state index in [-0.39, 0.29) is 5.97 Å². The van der Waals surface area contributed by atoms with Crippen LogP contribution in [0.25, 0.3) is 0 Å². The van der Waals surface area contributed by atoms with Crippen LogP contribution >= 0.6 is 15.9 Å². The fourth-order valence-electron chi connectivity index (χ4n) is 1.32. The summed E-state index contributed by atoms with van der Waals surface area (Å²) >= 11 is 3.37. The highest BCUT2D eigenvalue weighted by molar-refractivity contribution is 9.09. The largest absolute Gasteiger partial charge is 0.465 e. The van der Waals surface area contributed by atoms with E-state index in [1.807, 2.05) is 6.07 Å². The molecule has 0 bridgehead atoms. The van der Waals surface area contributed by atoms with Crippen LogP contribution in [0.15, 0.2) is 18.2 Å². The van der Waals surface area contributed by atoms with E-state index in [1.165, 1.54) is 7.11 Å². The number of ether oxygens (including phenoxy) is 1. The van der Waals surface area contributed by atoms with Crippen molar-refractivity contribution in [2.45, 2.75) is 12.8 Å². The smallest absolute Gasteiger partial charge is 0.339 e. The summed E-state index contributed by atoms with van der Waals surface area (Å²) in [6.07, 6.45) is 1.96.